The van der Waals surface area contributed by atoms with Gasteiger partial charge in [0.2, 0.25) is 16.9 Å². The van der Waals surface area contributed by atoms with Gasteiger partial charge in [-0.05, 0) is 18.2 Å². The van der Waals surface area contributed by atoms with Crippen LogP contribution in [-0.2, 0) is 4.79 Å². The number of anilines is 1. The number of thioether (sulfide) groups is 1. The molecule has 4 N–H and O–H groups in total. The highest BCUT2D eigenvalue weighted by Gasteiger charge is 2.16. The van der Waals surface area contributed by atoms with Crippen LogP contribution in [0.25, 0.3) is 22.8 Å². The molecule has 10 heteroatoms. The van der Waals surface area contributed by atoms with E-state index >= 15 is 0 Å². The molecule has 0 aliphatic heterocycles. The molecule has 0 unspecified atom stereocenters. The fraction of sp³-hybridized carbons (Fsp3) is 0.0556. The first-order valence-electron chi connectivity index (χ1n) is 8.36. The van der Waals surface area contributed by atoms with Gasteiger partial charge in [0.15, 0.2) is 0 Å². The molecule has 4 aromatic rings. The lowest BCUT2D eigenvalue weighted by molar-refractivity contribution is -0.113. The van der Waals surface area contributed by atoms with Gasteiger partial charge < -0.3 is 11.2 Å². The summed E-state index contributed by atoms with van der Waals surface area (Å²) >= 11 is 1.18. The van der Waals surface area contributed by atoms with Crippen LogP contribution in [-0.4, -0.2) is 41.7 Å². The maximum absolute atomic E-state index is 12.0. The molecule has 0 saturated carbocycles. The lowest BCUT2D eigenvalue weighted by atomic mass is 10.1. The highest BCUT2D eigenvalue weighted by atomic mass is 32.2. The van der Waals surface area contributed by atoms with Gasteiger partial charge in [-0.15, -0.1) is 10.2 Å². The molecular formula is C18H16N8OS. The molecule has 0 aliphatic rings. The van der Waals surface area contributed by atoms with Crippen molar-refractivity contribution in [3.05, 3.63) is 60.8 Å². The lowest BCUT2D eigenvalue weighted by Gasteiger charge is -2.04. The SMILES string of the molecule is Nn1c(SCC(=O)Nc2ccccn2)nnc1-c1cc(-c2ccccc2)n[nH]1. The van der Waals surface area contributed by atoms with Crippen molar-refractivity contribution >= 4 is 23.5 Å². The number of amides is 1. The van der Waals surface area contributed by atoms with Gasteiger partial charge in [0.1, 0.15) is 11.5 Å². The molecule has 9 nitrogen and oxygen atoms in total. The zero-order valence-electron chi connectivity index (χ0n) is 14.6. The Hall–Kier alpha value is -3.66. The van der Waals surface area contributed by atoms with Crippen LogP contribution in [0.15, 0.2) is 66.0 Å². The average Bonchev–Trinajstić information content (AvgIpc) is 3.35. The summed E-state index contributed by atoms with van der Waals surface area (Å²) in [7, 11) is 0. The average molecular weight is 392 g/mol. The van der Waals surface area contributed by atoms with E-state index in [2.05, 4.69) is 30.7 Å². The van der Waals surface area contributed by atoms with Gasteiger partial charge >= 0.3 is 0 Å². The Morgan fingerprint density at radius 2 is 1.96 bits per heavy atom. The largest absolute Gasteiger partial charge is 0.335 e. The summed E-state index contributed by atoms with van der Waals surface area (Å²) in [4.78, 5) is 16.1. The first kappa shape index (κ1) is 17.7. The Balaban J connectivity index is 1.43. The molecule has 4 rings (SSSR count). The van der Waals surface area contributed by atoms with Gasteiger partial charge in [-0.1, -0.05) is 48.2 Å². The van der Waals surface area contributed by atoms with Crippen molar-refractivity contribution in [1.82, 2.24) is 30.1 Å². The fourth-order valence-electron chi connectivity index (χ4n) is 2.50. The normalized spacial score (nSPS) is 10.7. The van der Waals surface area contributed by atoms with Gasteiger partial charge in [-0.25, -0.2) is 9.66 Å². The highest BCUT2D eigenvalue weighted by molar-refractivity contribution is 7.99. The zero-order valence-corrected chi connectivity index (χ0v) is 15.4. The number of H-pyrrole nitrogens is 1. The summed E-state index contributed by atoms with van der Waals surface area (Å²) in [5, 5.41) is 18.5. The molecule has 28 heavy (non-hydrogen) atoms. The van der Waals surface area contributed by atoms with Crippen LogP contribution in [0.3, 0.4) is 0 Å². The molecular weight excluding hydrogens is 376 g/mol. The molecule has 0 fully saturated rings. The van der Waals surface area contributed by atoms with Crippen molar-refractivity contribution in [3.8, 4) is 22.8 Å². The summed E-state index contributed by atoms with van der Waals surface area (Å²) in [6.07, 6.45) is 1.61. The molecule has 0 bridgehead atoms. The molecule has 0 radical (unpaired) electrons. The van der Waals surface area contributed by atoms with Crippen molar-refractivity contribution in [1.29, 1.82) is 0 Å². The van der Waals surface area contributed by atoms with E-state index in [1.165, 1.54) is 16.4 Å². The smallest absolute Gasteiger partial charge is 0.236 e. The van der Waals surface area contributed by atoms with Crippen LogP contribution < -0.4 is 11.2 Å². The number of nitrogens with zero attached hydrogens (tertiary/aromatic N) is 5. The van der Waals surface area contributed by atoms with Crippen LogP contribution in [0.2, 0.25) is 0 Å². The number of nitrogens with one attached hydrogen (secondary N) is 2. The zero-order chi connectivity index (χ0) is 19.3. The Labute approximate surface area is 164 Å². The number of benzene rings is 1. The number of carbonyl (C=O) groups excluding carboxylic acids is 1. The van der Waals surface area contributed by atoms with Crippen LogP contribution in [0.4, 0.5) is 5.82 Å². The number of rotatable bonds is 6. The molecule has 0 atom stereocenters. The van der Waals surface area contributed by atoms with E-state index in [-0.39, 0.29) is 11.7 Å². The Morgan fingerprint density at radius 3 is 2.75 bits per heavy atom. The number of hydrogen-bond donors (Lipinski definition) is 3. The van der Waals surface area contributed by atoms with Crippen molar-refractivity contribution in [2.45, 2.75) is 5.16 Å². The van der Waals surface area contributed by atoms with Crippen molar-refractivity contribution in [2.24, 2.45) is 0 Å². The van der Waals surface area contributed by atoms with E-state index in [1.54, 1.807) is 24.4 Å². The van der Waals surface area contributed by atoms with E-state index in [0.717, 1.165) is 11.3 Å². The third-order valence-electron chi connectivity index (χ3n) is 3.82. The van der Waals surface area contributed by atoms with E-state index < -0.39 is 0 Å². The second-order valence-corrected chi connectivity index (χ2v) is 6.70. The lowest BCUT2D eigenvalue weighted by Crippen LogP contribution is -2.17. The Morgan fingerprint density at radius 1 is 1.14 bits per heavy atom. The molecule has 3 aromatic heterocycles. The van der Waals surface area contributed by atoms with E-state index in [9.17, 15) is 4.79 Å². The molecule has 0 spiro atoms. The highest BCUT2D eigenvalue weighted by Crippen LogP contribution is 2.24. The standard InChI is InChI=1S/C18H16N8OS/c19-26-17(14-10-13(22-23-14)12-6-2-1-3-7-12)24-25-18(26)28-11-16(27)21-15-8-4-5-9-20-15/h1-10H,11,19H2,(H,22,23)(H,20,21,27). The quantitative estimate of drug-likeness (QED) is 0.339. The van der Waals surface area contributed by atoms with Crippen molar-refractivity contribution < 1.29 is 4.79 Å². The predicted molar refractivity (Wildman–Crippen MR) is 107 cm³/mol. The van der Waals surface area contributed by atoms with Crippen LogP contribution in [0.5, 0.6) is 0 Å². The summed E-state index contributed by atoms with van der Waals surface area (Å²) in [5.74, 6) is 6.95. The van der Waals surface area contributed by atoms with Crippen molar-refractivity contribution in [2.75, 3.05) is 16.9 Å². The molecule has 1 amide bonds. The minimum Gasteiger partial charge on any atom is -0.335 e. The maximum Gasteiger partial charge on any atom is 0.236 e. The number of hydrogen-bond acceptors (Lipinski definition) is 7. The molecule has 140 valence electrons. The van der Waals surface area contributed by atoms with Gasteiger partial charge in [-0.3, -0.25) is 9.89 Å². The monoisotopic (exact) mass is 392 g/mol. The molecule has 0 saturated heterocycles. The minimum atomic E-state index is -0.207. The Bertz CT molecular complexity index is 1080. The number of aromatic nitrogens is 6. The van der Waals surface area contributed by atoms with Crippen LogP contribution >= 0.6 is 11.8 Å². The summed E-state index contributed by atoms with van der Waals surface area (Å²) in [6.45, 7) is 0. The van der Waals surface area contributed by atoms with Gasteiger partial charge in [0.25, 0.3) is 0 Å². The van der Waals surface area contributed by atoms with E-state index in [4.69, 9.17) is 5.84 Å². The molecule has 0 aliphatic carbocycles. The third-order valence-corrected chi connectivity index (χ3v) is 4.76. The molecule has 1 aromatic carbocycles. The number of pyridine rings is 1. The van der Waals surface area contributed by atoms with Crippen molar-refractivity contribution in [3.63, 3.8) is 0 Å². The number of carbonyl (C=O) groups is 1. The summed E-state index contributed by atoms with van der Waals surface area (Å²) < 4.78 is 1.33. The first-order valence-corrected chi connectivity index (χ1v) is 9.34. The number of nitrogen functional groups attached to an aromatic ring is 1. The Kier molecular flexibility index (Phi) is 5.02. The first-order chi connectivity index (χ1) is 13.7. The summed E-state index contributed by atoms with van der Waals surface area (Å²) in [5.41, 5.74) is 2.40. The van der Waals surface area contributed by atoms with E-state index in [0.29, 0.717) is 22.5 Å². The number of aromatic amines is 1. The molecule has 3 heterocycles. The third kappa shape index (κ3) is 3.86. The summed E-state index contributed by atoms with van der Waals surface area (Å²) in [6, 6.07) is 16.9. The van der Waals surface area contributed by atoms with Gasteiger partial charge in [0, 0.05) is 11.8 Å². The van der Waals surface area contributed by atoms with Crippen LogP contribution in [0.1, 0.15) is 0 Å². The van der Waals surface area contributed by atoms with Gasteiger partial charge in [-0.2, -0.15) is 5.10 Å². The second-order valence-electron chi connectivity index (χ2n) is 5.76. The van der Waals surface area contributed by atoms with E-state index in [1.807, 2.05) is 36.4 Å². The second kappa shape index (κ2) is 7.92. The minimum absolute atomic E-state index is 0.129. The maximum atomic E-state index is 12.0. The van der Waals surface area contributed by atoms with Crippen LogP contribution in [0, 0.1) is 0 Å². The topological polar surface area (TPSA) is 127 Å². The fourth-order valence-corrected chi connectivity index (χ4v) is 3.15. The van der Waals surface area contributed by atoms with Gasteiger partial charge in [0.05, 0.1) is 11.4 Å². The predicted octanol–water partition coefficient (Wildman–Crippen LogP) is 2.17. The number of nitrogens with two attached hydrogens (primary N) is 1.